The highest BCUT2D eigenvalue weighted by Crippen LogP contribution is 2.33. The van der Waals surface area contributed by atoms with Crippen molar-refractivity contribution in [2.45, 2.75) is 32.8 Å². The van der Waals surface area contributed by atoms with Gasteiger partial charge in [0, 0.05) is 5.02 Å². The number of methoxy groups -OCH3 is 1. The van der Waals surface area contributed by atoms with Crippen molar-refractivity contribution in [1.82, 2.24) is 0 Å². The molecular weight excluding hydrogens is 224 g/mol. The van der Waals surface area contributed by atoms with Crippen molar-refractivity contribution in [3.63, 3.8) is 0 Å². The Morgan fingerprint density at radius 3 is 2.75 bits per heavy atom. The van der Waals surface area contributed by atoms with Gasteiger partial charge >= 0.3 is 0 Å². The molecule has 0 radical (unpaired) electrons. The van der Waals surface area contributed by atoms with E-state index in [1.165, 1.54) is 5.56 Å². The summed E-state index contributed by atoms with van der Waals surface area (Å²) in [6, 6.07) is 2.01. The van der Waals surface area contributed by atoms with E-state index >= 15 is 0 Å². The van der Waals surface area contributed by atoms with Crippen molar-refractivity contribution in [1.29, 1.82) is 0 Å². The molecule has 0 amide bonds. The van der Waals surface area contributed by atoms with E-state index in [0.717, 1.165) is 41.3 Å². The van der Waals surface area contributed by atoms with Crippen molar-refractivity contribution >= 4 is 11.6 Å². The molecule has 2 nitrogen and oxygen atoms in total. The molecule has 0 N–H and O–H groups in total. The van der Waals surface area contributed by atoms with Gasteiger partial charge in [0.2, 0.25) is 0 Å². The minimum absolute atomic E-state index is 0.448. The summed E-state index contributed by atoms with van der Waals surface area (Å²) >= 11 is 6.26. The highest BCUT2D eigenvalue weighted by atomic mass is 35.5. The molecule has 3 heteroatoms. The third kappa shape index (κ3) is 2.33. The number of hydrogen-bond donors (Lipinski definition) is 0. The first-order valence-corrected chi connectivity index (χ1v) is 5.95. The summed E-state index contributed by atoms with van der Waals surface area (Å²) in [5, 5.41) is 0.854. The molecule has 1 aliphatic heterocycles. The molecule has 1 aromatic rings. The van der Waals surface area contributed by atoms with Crippen LogP contribution < -0.4 is 4.74 Å². The van der Waals surface area contributed by atoms with Crippen LogP contribution in [0, 0.1) is 13.8 Å². The van der Waals surface area contributed by atoms with Crippen molar-refractivity contribution in [3.05, 3.63) is 27.8 Å². The Labute approximate surface area is 102 Å². The predicted molar refractivity (Wildman–Crippen MR) is 65.5 cm³/mol. The number of halogens is 1. The van der Waals surface area contributed by atoms with Gasteiger partial charge in [-0.2, -0.15) is 0 Å². The van der Waals surface area contributed by atoms with Gasteiger partial charge in [-0.3, -0.25) is 0 Å². The molecule has 0 bridgehead atoms. The van der Waals surface area contributed by atoms with E-state index in [4.69, 9.17) is 21.1 Å². The molecule has 1 saturated heterocycles. The van der Waals surface area contributed by atoms with E-state index in [9.17, 15) is 0 Å². The summed E-state index contributed by atoms with van der Waals surface area (Å²) in [5.41, 5.74) is 3.43. The van der Waals surface area contributed by atoms with Gasteiger partial charge in [-0.15, -0.1) is 0 Å². The lowest BCUT2D eigenvalue weighted by molar-refractivity contribution is 0.389. The van der Waals surface area contributed by atoms with Gasteiger partial charge in [-0.25, -0.2) is 0 Å². The van der Waals surface area contributed by atoms with Gasteiger partial charge in [0.1, 0.15) is 5.75 Å². The lowest BCUT2D eigenvalue weighted by Gasteiger charge is -2.14. The summed E-state index contributed by atoms with van der Waals surface area (Å²) in [4.78, 5) is 0. The number of epoxide rings is 1. The molecule has 1 fully saturated rings. The fraction of sp³-hybridized carbons (Fsp3) is 0.538. The minimum atomic E-state index is 0.448. The van der Waals surface area contributed by atoms with Gasteiger partial charge in [0.05, 0.1) is 19.8 Å². The van der Waals surface area contributed by atoms with Crippen molar-refractivity contribution in [2.24, 2.45) is 0 Å². The zero-order valence-electron chi connectivity index (χ0n) is 9.97. The van der Waals surface area contributed by atoms with E-state index in [-0.39, 0.29) is 0 Å². The van der Waals surface area contributed by atoms with E-state index in [0.29, 0.717) is 6.10 Å². The fourth-order valence-corrected chi connectivity index (χ4v) is 2.16. The lowest BCUT2D eigenvalue weighted by atomic mass is 9.99. The molecule has 0 aromatic heterocycles. The topological polar surface area (TPSA) is 21.8 Å². The molecule has 0 aliphatic carbocycles. The maximum absolute atomic E-state index is 6.26. The number of aryl methyl sites for hydroxylation is 1. The molecule has 1 aromatic carbocycles. The third-order valence-electron chi connectivity index (χ3n) is 3.11. The Morgan fingerprint density at radius 1 is 1.50 bits per heavy atom. The van der Waals surface area contributed by atoms with Crippen LogP contribution in [-0.2, 0) is 11.2 Å². The summed E-state index contributed by atoms with van der Waals surface area (Å²) in [6.45, 7) is 4.97. The Morgan fingerprint density at radius 2 is 2.19 bits per heavy atom. The maximum Gasteiger partial charge on any atom is 0.122 e. The number of benzene rings is 1. The van der Waals surface area contributed by atoms with Crippen LogP contribution in [0.15, 0.2) is 6.07 Å². The third-order valence-corrected chi connectivity index (χ3v) is 3.69. The fourth-order valence-electron chi connectivity index (χ4n) is 1.99. The summed E-state index contributed by atoms with van der Waals surface area (Å²) in [7, 11) is 1.71. The van der Waals surface area contributed by atoms with Crippen LogP contribution in [0.5, 0.6) is 5.75 Å². The van der Waals surface area contributed by atoms with Gasteiger partial charge in [-0.1, -0.05) is 11.6 Å². The first-order valence-electron chi connectivity index (χ1n) is 5.57. The Bertz CT molecular complexity index is 397. The molecule has 1 heterocycles. The van der Waals surface area contributed by atoms with Crippen molar-refractivity contribution in [3.8, 4) is 5.75 Å². The standard InChI is InChI=1S/C13H17ClO2/c1-8-6-12(15-3)11(9(2)13(8)14)5-4-10-7-16-10/h6,10H,4-5,7H2,1-3H3. The van der Waals surface area contributed by atoms with Gasteiger partial charge in [0.25, 0.3) is 0 Å². The first kappa shape index (κ1) is 11.7. The summed E-state index contributed by atoms with van der Waals surface area (Å²) < 4.78 is 10.6. The van der Waals surface area contributed by atoms with Gasteiger partial charge in [-0.05, 0) is 49.4 Å². The van der Waals surface area contributed by atoms with E-state index in [1.807, 2.05) is 13.0 Å². The second-order valence-corrected chi connectivity index (χ2v) is 4.69. The van der Waals surface area contributed by atoms with Crippen LogP contribution in [0.25, 0.3) is 0 Å². The summed E-state index contributed by atoms with van der Waals surface area (Å²) in [5.74, 6) is 0.944. The van der Waals surface area contributed by atoms with Crippen LogP contribution in [-0.4, -0.2) is 19.8 Å². The average molecular weight is 241 g/mol. The number of rotatable bonds is 4. The van der Waals surface area contributed by atoms with Crippen molar-refractivity contribution < 1.29 is 9.47 Å². The van der Waals surface area contributed by atoms with Crippen LogP contribution in [0.2, 0.25) is 5.02 Å². The Balaban J connectivity index is 2.27. The monoisotopic (exact) mass is 240 g/mol. The number of hydrogen-bond acceptors (Lipinski definition) is 2. The summed E-state index contributed by atoms with van der Waals surface area (Å²) in [6.07, 6.45) is 2.47. The van der Waals surface area contributed by atoms with Crippen LogP contribution in [0.1, 0.15) is 23.1 Å². The SMILES string of the molecule is COc1cc(C)c(Cl)c(C)c1CCC1CO1. The Kier molecular flexibility index (Phi) is 3.41. The molecule has 88 valence electrons. The average Bonchev–Trinajstić information content (AvgIpc) is 3.08. The molecule has 16 heavy (non-hydrogen) atoms. The van der Waals surface area contributed by atoms with Crippen LogP contribution >= 0.6 is 11.6 Å². The zero-order chi connectivity index (χ0) is 11.7. The zero-order valence-corrected chi connectivity index (χ0v) is 10.7. The first-order chi connectivity index (χ1) is 7.63. The second-order valence-electron chi connectivity index (χ2n) is 4.31. The highest BCUT2D eigenvalue weighted by molar-refractivity contribution is 6.32. The molecule has 0 spiro atoms. The van der Waals surface area contributed by atoms with E-state index in [2.05, 4.69) is 6.92 Å². The minimum Gasteiger partial charge on any atom is -0.496 e. The molecule has 1 atom stereocenters. The van der Waals surface area contributed by atoms with E-state index < -0.39 is 0 Å². The largest absolute Gasteiger partial charge is 0.496 e. The molecule has 0 saturated carbocycles. The molecule has 1 aliphatic rings. The highest BCUT2D eigenvalue weighted by Gasteiger charge is 2.23. The quantitative estimate of drug-likeness (QED) is 0.754. The molecule has 2 rings (SSSR count). The molecular formula is C13H17ClO2. The van der Waals surface area contributed by atoms with E-state index in [1.54, 1.807) is 7.11 Å². The predicted octanol–water partition coefficient (Wildman–Crippen LogP) is 3.30. The van der Waals surface area contributed by atoms with Crippen LogP contribution in [0.4, 0.5) is 0 Å². The maximum atomic E-state index is 6.26. The Hall–Kier alpha value is -0.730. The molecule has 1 unspecified atom stereocenters. The lowest BCUT2D eigenvalue weighted by Crippen LogP contribution is -2.00. The van der Waals surface area contributed by atoms with Crippen molar-refractivity contribution in [2.75, 3.05) is 13.7 Å². The smallest absolute Gasteiger partial charge is 0.122 e. The normalized spacial score (nSPS) is 18.6. The van der Waals surface area contributed by atoms with Gasteiger partial charge in [0.15, 0.2) is 0 Å². The van der Waals surface area contributed by atoms with Gasteiger partial charge < -0.3 is 9.47 Å². The second kappa shape index (κ2) is 4.64. The number of ether oxygens (including phenoxy) is 2. The van der Waals surface area contributed by atoms with Crippen LogP contribution in [0.3, 0.4) is 0 Å².